The van der Waals surface area contributed by atoms with Crippen molar-refractivity contribution in [1.29, 1.82) is 0 Å². The SMILES string of the molecule is CCNC(Cc1ccc(OC)cc1)Cc1ccc(Br)cn1. The van der Waals surface area contributed by atoms with Crippen molar-refractivity contribution in [3.8, 4) is 5.75 Å². The van der Waals surface area contributed by atoms with Gasteiger partial charge < -0.3 is 10.1 Å². The number of methoxy groups -OCH3 is 1. The first-order valence-electron chi connectivity index (χ1n) is 7.18. The number of pyridine rings is 1. The number of aromatic nitrogens is 1. The van der Waals surface area contributed by atoms with Crippen molar-refractivity contribution in [2.24, 2.45) is 0 Å². The Balaban J connectivity index is 2.02. The highest BCUT2D eigenvalue weighted by molar-refractivity contribution is 9.10. The number of hydrogen-bond donors (Lipinski definition) is 1. The van der Waals surface area contributed by atoms with Crippen LogP contribution in [0.15, 0.2) is 47.1 Å². The molecule has 0 spiro atoms. The normalized spacial score (nSPS) is 12.1. The van der Waals surface area contributed by atoms with Crippen LogP contribution in [0.3, 0.4) is 0 Å². The van der Waals surface area contributed by atoms with Crippen LogP contribution in [0.1, 0.15) is 18.2 Å². The predicted molar refractivity (Wildman–Crippen MR) is 89.8 cm³/mol. The second-order valence-corrected chi connectivity index (χ2v) is 5.89. The van der Waals surface area contributed by atoms with Crippen molar-refractivity contribution >= 4 is 15.9 Å². The van der Waals surface area contributed by atoms with E-state index in [9.17, 15) is 0 Å². The zero-order valence-corrected chi connectivity index (χ0v) is 14.1. The van der Waals surface area contributed by atoms with E-state index in [1.807, 2.05) is 24.4 Å². The van der Waals surface area contributed by atoms with Gasteiger partial charge in [-0.2, -0.15) is 0 Å². The summed E-state index contributed by atoms with van der Waals surface area (Å²) in [6, 6.07) is 12.8. The molecule has 1 heterocycles. The highest BCUT2D eigenvalue weighted by atomic mass is 79.9. The zero-order chi connectivity index (χ0) is 15.1. The lowest BCUT2D eigenvalue weighted by Crippen LogP contribution is -2.33. The van der Waals surface area contributed by atoms with Gasteiger partial charge in [-0.1, -0.05) is 19.1 Å². The fourth-order valence-corrected chi connectivity index (χ4v) is 2.57. The molecule has 0 radical (unpaired) electrons. The standard InChI is InChI=1S/C17H21BrN2O/c1-3-19-16(11-15-7-6-14(18)12-20-15)10-13-4-8-17(21-2)9-5-13/h4-9,12,16,19H,3,10-11H2,1-2H3. The van der Waals surface area contributed by atoms with Crippen LogP contribution in [0.5, 0.6) is 5.75 Å². The third-order valence-electron chi connectivity index (χ3n) is 3.38. The van der Waals surface area contributed by atoms with Crippen molar-refractivity contribution in [1.82, 2.24) is 10.3 Å². The summed E-state index contributed by atoms with van der Waals surface area (Å²) in [6.07, 6.45) is 3.76. The van der Waals surface area contributed by atoms with Gasteiger partial charge >= 0.3 is 0 Å². The summed E-state index contributed by atoms with van der Waals surface area (Å²) in [6.45, 7) is 3.09. The van der Waals surface area contributed by atoms with Gasteiger partial charge in [0, 0.05) is 28.8 Å². The molecule has 0 amide bonds. The molecule has 0 fully saturated rings. The molecule has 4 heteroatoms. The molecule has 0 bridgehead atoms. The minimum Gasteiger partial charge on any atom is -0.497 e. The van der Waals surface area contributed by atoms with Crippen molar-refractivity contribution in [2.45, 2.75) is 25.8 Å². The van der Waals surface area contributed by atoms with Crippen LogP contribution in [0.4, 0.5) is 0 Å². The van der Waals surface area contributed by atoms with E-state index in [1.165, 1.54) is 5.56 Å². The second kappa shape index (κ2) is 8.15. The number of ether oxygens (including phenoxy) is 1. The number of nitrogens with zero attached hydrogens (tertiary/aromatic N) is 1. The number of hydrogen-bond acceptors (Lipinski definition) is 3. The monoisotopic (exact) mass is 348 g/mol. The van der Waals surface area contributed by atoms with Crippen LogP contribution < -0.4 is 10.1 Å². The van der Waals surface area contributed by atoms with Gasteiger partial charge in [0.2, 0.25) is 0 Å². The molecule has 21 heavy (non-hydrogen) atoms. The van der Waals surface area contributed by atoms with Crippen LogP contribution in [-0.2, 0) is 12.8 Å². The largest absolute Gasteiger partial charge is 0.497 e. The molecule has 0 aliphatic rings. The van der Waals surface area contributed by atoms with Gasteiger partial charge in [0.1, 0.15) is 5.75 Å². The minimum atomic E-state index is 0.386. The van der Waals surface area contributed by atoms with E-state index in [1.54, 1.807) is 7.11 Å². The molecule has 1 N–H and O–H groups in total. The van der Waals surface area contributed by atoms with E-state index < -0.39 is 0 Å². The number of likely N-dealkylation sites (N-methyl/N-ethyl adjacent to an activating group) is 1. The Labute approximate surface area is 134 Å². The maximum absolute atomic E-state index is 5.20. The van der Waals surface area contributed by atoms with Gasteiger partial charge in [-0.15, -0.1) is 0 Å². The summed E-state index contributed by atoms with van der Waals surface area (Å²) in [5.41, 5.74) is 2.41. The van der Waals surface area contributed by atoms with Crippen molar-refractivity contribution < 1.29 is 4.74 Å². The summed E-state index contributed by atoms with van der Waals surface area (Å²) in [7, 11) is 1.69. The van der Waals surface area contributed by atoms with Crippen LogP contribution in [0, 0.1) is 0 Å². The third-order valence-corrected chi connectivity index (χ3v) is 3.85. The molecule has 1 aromatic carbocycles. The molecule has 0 saturated heterocycles. The Morgan fingerprint density at radius 1 is 1.14 bits per heavy atom. The molecular weight excluding hydrogens is 328 g/mol. The summed E-state index contributed by atoms with van der Waals surface area (Å²) < 4.78 is 6.21. The maximum atomic E-state index is 5.20. The highest BCUT2D eigenvalue weighted by Gasteiger charge is 2.10. The van der Waals surface area contributed by atoms with Crippen LogP contribution in [0.2, 0.25) is 0 Å². The number of nitrogens with one attached hydrogen (secondary N) is 1. The molecule has 0 saturated carbocycles. The maximum Gasteiger partial charge on any atom is 0.118 e. The lowest BCUT2D eigenvalue weighted by atomic mass is 10.0. The molecule has 0 aliphatic heterocycles. The van der Waals surface area contributed by atoms with Crippen molar-refractivity contribution in [3.05, 3.63) is 58.3 Å². The quantitative estimate of drug-likeness (QED) is 0.829. The van der Waals surface area contributed by atoms with Gasteiger partial charge in [0.15, 0.2) is 0 Å². The molecule has 0 aliphatic carbocycles. The van der Waals surface area contributed by atoms with Gasteiger partial charge in [0.25, 0.3) is 0 Å². The topological polar surface area (TPSA) is 34.1 Å². The van der Waals surface area contributed by atoms with E-state index in [4.69, 9.17) is 4.74 Å². The first-order valence-corrected chi connectivity index (χ1v) is 7.97. The molecule has 1 aromatic heterocycles. The second-order valence-electron chi connectivity index (χ2n) is 4.98. The van der Waals surface area contributed by atoms with E-state index in [-0.39, 0.29) is 0 Å². The first-order chi connectivity index (χ1) is 10.2. The van der Waals surface area contributed by atoms with E-state index >= 15 is 0 Å². The van der Waals surface area contributed by atoms with Gasteiger partial charge in [0.05, 0.1) is 7.11 Å². The van der Waals surface area contributed by atoms with Crippen LogP contribution in [-0.4, -0.2) is 24.7 Å². The fourth-order valence-electron chi connectivity index (χ4n) is 2.33. The molecule has 1 atom stereocenters. The van der Waals surface area contributed by atoms with Crippen molar-refractivity contribution in [3.63, 3.8) is 0 Å². The summed E-state index contributed by atoms with van der Waals surface area (Å²) >= 11 is 3.42. The average molecular weight is 349 g/mol. The van der Waals surface area contributed by atoms with E-state index in [0.29, 0.717) is 6.04 Å². The number of benzene rings is 1. The smallest absolute Gasteiger partial charge is 0.118 e. The molecule has 2 aromatic rings. The Hall–Kier alpha value is -1.39. The summed E-state index contributed by atoms with van der Waals surface area (Å²) in [5.74, 6) is 0.897. The average Bonchev–Trinajstić information content (AvgIpc) is 2.50. The molecular formula is C17H21BrN2O. The first kappa shape index (κ1) is 16.0. The van der Waals surface area contributed by atoms with Crippen LogP contribution >= 0.6 is 15.9 Å². The van der Waals surface area contributed by atoms with Gasteiger partial charge in [-0.3, -0.25) is 4.98 Å². The molecule has 112 valence electrons. The number of halogens is 1. The Bertz CT molecular complexity index is 540. The van der Waals surface area contributed by atoms with Gasteiger partial charge in [-0.05, 0) is 58.7 Å². The minimum absolute atomic E-state index is 0.386. The van der Waals surface area contributed by atoms with Crippen molar-refractivity contribution in [2.75, 3.05) is 13.7 Å². The molecule has 1 unspecified atom stereocenters. The Morgan fingerprint density at radius 3 is 2.48 bits per heavy atom. The lowest BCUT2D eigenvalue weighted by Gasteiger charge is -2.18. The molecule has 3 nitrogen and oxygen atoms in total. The zero-order valence-electron chi connectivity index (χ0n) is 12.5. The fraction of sp³-hybridized carbons (Fsp3) is 0.353. The van der Waals surface area contributed by atoms with Crippen LogP contribution in [0.25, 0.3) is 0 Å². The third kappa shape index (κ3) is 5.14. The van der Waals surface area contributed by atoms with E-state index in [0.717, 1.165) is 35.3 Å². The molecule has 2 rings (SSSR count). The number of rotatable bonds is 7. The Morgan fingerprint density at radius 2 is 1.90 bits per heavy atom. The summed E-state index contributed by atoms with van der Waals surface area (Å²) in [5, 5.41) is 3.54. The van der Waals surface area contributed by atoms with E-state index in [2.05, 4.69) is 51.4 Å². The lowest BCUT2D eigenvalue weighted by molar-refractivity contribution is 0.414. The summed E-state index contributed by atoms with van der Waals surface area (Å²) in [4.78, 5) is 4.46. The predicted octanol–water partition coefficient (Wildman–Crippen LogP) is 3.62. The van der Waals surface area contributed by atoms with Gasteiger partial charge in [-0.25, -0.2) is 0 Å². The highest BCUT2D eigenvalue weighted by Crippen LogP contribution is 2.15. The Kier molecular flexibility index (Phi) is 6.21.